The minimum Gasteiger partial charge on any atom is -0.456 e. The molecule has 2 N–H and O–H groups in total. The molecule has 0 spiro atoms. The predicted molar refractivity (Wildman–Crippen MR) is 138 cm³/mol. The first-order valence-corrected chi connectivity index (χ1v) is 12.7. The van der Waals surface area contributed by atoms with E-state index in [9.17, 15) is 27.9 Å². The van der Waals surface area contributed by atoms with Crippen LogP contribution >= 0.6 is 0 Å². The van der Waals surface area contributed by atoms with Crippen molar-refractivity contribution in [1.82, 2.24) is 10.3 Å². The molecule has 0 aliphatic rings. The summed E-state index contributed by atoms with van der Waals surface area (Å²) in [6.07, 6.45) is 1.42. The van der Waals surface area contributed by atoms with Gasteiger partial charge in [0.2, 0.25) is 5.91 Å². The van der Waals surface area contributed by atoms with Gasteiger partial charge in [0.25, 0.3) is 0 Å². The number of ether oxygens (including phenoxy) is 1. The Labute approximate surface area is 220 Å². The first-order chi connectivity index (χ1) is 18.1. The van der Waals surface area contributed by atoms with Crippen LogP contribution in [0.25, 0.3) is 10.9 Å². The molecule has 4 atom stereocenters. The Morgan fingerprint density at radius 2 is 1.79 bits per heavy atom. The molecule has 0 unspecified atom stereocenters. The SMILES string of the molecule is CC[C@H](C)CC[C@H](C[C@H](O)[C@H](Cc1ccccc1)OC(=O)c1cnc2c(F)c(F)c(F)cc2c1)C(=O)NC. The summed E-state index contributed by atoms with van der Waals surface area (Å²) in [5, 5.41) is 13.7. The maximum atomic E-state index is 14.0. The highest BCUT2D eigenvalue weighted by Crippen LogP contribution is 2.25. The van der Waals surface area contributed by atoms with E-state index in [-0.39, 0.29) is 29.7 Å². The van der Waals surface area contributed by atoms with Gasteiger partial charge in [-0.05, 0) is 42.9 Å². The second-order valence-electron chi connectivity index (χ2n) is 9.62. The number of amides is 1. The Morgan fingerprint density at radius 1 is 1.08 bits per heavy atom. The summed E-state index contributed by atoms with van der Waals surface area (Å²) in [4.78, 5) is 29.4. The van der Waals surface area contributed by atoms with Gasteiger partial charge < -0.3 is 15.2 Å². The van der Waals surface area contributed by atoms with Crippen LogP contribution in [0.5, 0.6) is 0 Å². The van der Waals surface area contributed by atoms with Gasteiger partial charge in [0.05, 0.1) is 11.7 Å². The standard InChI is InChI=1S/C29H33F3N2O4/c1-4-17(2)10-11-19(28(36)33-3)15-23(35)24(12-18-8-6-5-7-9-18)38-29(37)21-13-20-14-22(30)25(31)26(32)27(20)34-16-21/h5-9,13-14,16-17,19,23-24,35H,4,10-12,15H2,1-3H3,(H,33,36)/t17-,19+,23-,24-/m0/s1. The number of carbonyl (C=O) groups is 2. The lowest BCUT2D eigenvalue weighted by Gasteiger charge is -2.27. The average molecular weight is 531 g/mol. The molecule has 0 fully saturated rings. The van der Waals surface area contributed by atoms with E-state index in [0.29, 0.717) is 12.3 Å². The van der Waals surface area contributed by atoms with Crippen LogP contribution < -0.4 is 5.32 Å². The smallest absolute Gasteiger partial charge is 0.340 e. The van der Waals surface area contributed by atoms with Crippen LogP contribution in [-0.2, 0) is 16.0 Å². The van der Waals surface area contributed by atoms with E-state index in [0.717, 1.165) is 36.7 Å². The molecule has 1 heterocycles. The van der Waals surface area contributed by atoms with Crippen molar-refractivity contribution in [3.05, 3.63) is 77.2 Å². The number of carbonyl (C=O) groups excluding carboxylic acids is 2. The normalized spacial score (nSPS) is 14.5. The van der Waals surface area contributed by atoms with Crippen LogP contribution in [0, 0.1) is 29.3 Å². The van der Waals surface area contributed by atoms with Crippen LogP contribution in [0.4, 0.5) is 13.2 Å². The molecular weight excluding hydrogens is 497 g/mol. The van der Waals surface area contributed by atoms with Gasteiger partial charge in [0, 0.05) is 31.0 Å². The number of nitrogens with zero attached hydrogens (tertiary/aromatic N) is 1. The molecule has 0 saturated heterocycles. The van der Waals surface area contributed by atoms with E-state index < -0.39 is 47.1 Å². The van der Waals surface area contributed by atoms with E-state index in [1.807, 2.05) is 30.3 Å². The second kappa shape index (κ2) is 13.4. The first kappa shape index (κ1) is 29.1. The molecule has 3 aromatic rings. The van der Waals surface area contributed by atoms with E-state index in [1.54, 1.807) is 0 Å². The Balaban J connectivity index is 1.84. The Hall–Kier alpha value is -3.46. The van der Waals surface area contributed by atoms with Crippen molar-refractivity contribution in [1.29, 1.82) is 0 Å². The third kappa shape index (κ3) is 7.31. The molecule has 2 aromatic carbocycles. The molecule has 1 aromatic heterocycles. The summed E-state index contributed by atoms with van der Waals surface area (Å²) in [7, 11) is 1.54. The van der Waals surface area contributed by atoms with Crippen LogP contribution in [0.3, 0.4) is 0 Å². The monoisotopic (exact) mass is 530 g/mol. The lowest BCUT2D eigenvalue weighted by molar-refractivity contribution is -0.126. The number of hydrogen-bond acceptors (Lipinski definition) is 5. The zero-order valence-electron chi connectivity index (χ0n) is 21.7. The highest BCUT2D eigenvalue weighted by Gasteiger charge is 2.30. The molecule has 38 heavy (non-hydrogen) atoms. The molecule has 6 nitrogen and oxygen atoms in total. The van der Waals surface area contributed by atoms with E-state index >= 15 is 0 Å². The van der Waals surface area contributed by atoms with Gasteiger partial charge in [-0.15, -0.1) is 0 Å². The van der Waals surface area contributed by atoms with E-state index in [1.165, 1.54) is 7.05 Å². The van der Waals surface area contributed by atoms with Gasteiger partial charge in [-0.3, -0.25) is 9.78 Å². The van der Waals surface area contributed by atoms with Gasteiger partial charge in [-0.1, -0.05) is 50.6 Å². The topological polar surface area (TPSA) is 88.5 Å². The van der Waals surface area contributed by atoms with Crippen molar-refractivity contribution in [2.75, 3.05) is 7.05 Å². The number of nitrogens with one attached hydrogen (secondary N) is 1. The minimum absolute atomic E-state index is 0.0759. The zero-order valence-corrected chi connectivity index (χ0v) is 21.7. The Kier molecular flexibility index (Phi) is 10.2. The second-order valence-corrected chi connectivity index (χ2v) is 9.62. The number of halogens is 3. The fraction of sp³-hybridized carbons (Fsp3) is 0.414. The largest absolute Gasteiger partial charge is 0.456 e. The fourth-order valence-electron chi connectivity index (χ4n) is 4.30. The fourth-order valence-corrected chi connectivity index (χ4v) is 4.30. The number of esters is 1. The molecule has 3 rings (SSSR count). The van der Waals surface area contributed by atoms with Crippen LogP contribution in [-0.4, -0.2) is 41.2 Å². The van der Waals surface area contributed by atoms with E-state index in [2.05, 4.69) is 24.1 Å². The van der Waals surface area contributed by atoms with Crippen molar-refractivity contribution in [3.8, 4) is 0 Å². The Morgan fingerprint density at radius 3 is 2.45 bits per heavy atom. The minimum atomic E-state index is -1.65. The maximum Gasteiger partial charge on any atom is 0.340 e. The molecule has 1 amide bonds. The summed E-state index contributed by atoms with van der Waals surface area (Å²) >= 11 is 0. The molecule has 0 aliphatic heterocycles. The molecule has 0 radical (unpaired) electrons. The highest BCUT2D eigenvalue weighted by atomic mass is 19.2. The first-order valence-electron chi connectivity index (χ1n) is 12.7. The van der Waals surface area contributed by atoms with Crippen LogP contribution in [0.2, 0.25) is 0 Å². The van der Waals surface area contributed by atoms with Gasteiger partial charge in [0.15, 0.2) is 17.5 Å². The van der Waals surface area contributed by atoms with Crippen molar-refractivity contribution in [2.24, 2.45) is 11.8 Å². The van der Waals surface area contributed by atoms with Gasteiger partial charge >= 0.3 is 5.97 Å². The number of benzene rings is 2. The molecule has 0 saturated carbocycles. The molecule has 204 valence electrons. The predicted octanol–water partition coefficient (Wildman–Crippen LogP) is 5.36. The molecule has 0 aliphatic carbocycles. The number of aliphatic hydroxyl groups is 1. The quantitative estimate of drug-likeness (QED) is 0.243. The number of hydrogen-bond donors (Lipinski definition) is 2. The summed E-state index contributed by atoms with van der Waals surface area (Å²) in [6.45, 7) is 4.17. The lowest BCUT2D eigenvalue weighted by Crippen LogP contribution is -2.38. The molecular formula is C29H33F3N2O4. The highest BCUT2D eigenvalue weighted by molar-refractivity contribution is 5.94. The van der Waals surface area contributed by atoms with Gasteiger partial charge in [0.1, 0.15) is 11.6 Å². The number of aliphatic hydroxyl groups excluding tert-OH is 1. The van der Waals surface area contributed by atoms with Crippen molar-refractivity contribution >= 4 is 22.8 Å². The third-order valence-corrected chi connectivity index (χ3v) is 6.86. The Bertz CT molecular complexity index is 1260. The molecule has 9 heteroatoms. The van der Waals surface area contributed by atoms with Crippen LogP contribution in [0.15, 0.2) is 48.7 Å². The summed E-state index contributed by atoms with van der Waals surface area (Å²) in [5.74, 6) is -5.64. The van der Waals surface area contributed by atoms with Crippen molar-refractivity contribution in [3.63, 3.8) is 0 Å². The van der Waals surface area contributed by atoms with E-state index in [4.69, 9.17) is 4.74 Å². The summed E-state index contributed by atoms with van der Waals surface area (Å²) in [5.41, 5.74) is 0.264. The molecule has 0 bridgehead atoms. The summed E-state index contributed by atoms with van der Waals surface area (Å²) < 4.78 is 47.0. The van der Waals surface area contributed by atoms with Crippen LogP contribution in [0.1, 0.15) is 55.5 Å². The third-order valence-electron chi connectivity index (χ3n) is 6.86. The van der Waals surface area contributed by atoms with Crippen molar-refractivity contribution in [2.45, 2.75) is 58.2 Å². The summed E-state index contributed by atoms with van der Waals surface area (Å²) in [6, 6.07) is 11.0. The van der Waals surface area contributed by atoms with Gasteiger partial charge in [-0.25, -0.2) is 18.0 Å². The van der Waals surface area contributed by atoms with Gasteiger partial charge in [-0.2, -0.15) is 0 Å². The average Bonchev–Trinajstić information content (AvgIpc) is 2.93. The maximum absolute atomic E-state index is 14.0. The number of pyridine rings is 1. The number of fused-ring (bicyclic) bond motifs is 1. The zero-order chi connectivity index (χ0) is 27.8. The lowest BCUT2D eigenvalue weighted by atomic mass is 9.88. The van der Waals surface area contributed by atoms with Crippen molar-refractivity contribution < 1.29 is 32.6 Å². The number of rotatable bonds is 12. The number of aromatic nitrogens is 1.